The van der Waals surface area contributed by atoms with Crippen LogP contribution >= 0.6 is 0 Å². The van der Waals surface area contributed by atoms with Crippen molar-refractivity contribution in [1.29, 1.82) is 0 Å². The summed E-state index contributed by atoms with van der Waals surface area (Å²) in [5.41, 5.74) is 3.95. The van der Waals surface area contributed by atoms with Crippen molar-refractivity contribution in [3.05, 3.63) is 102 Å². The number of fused-ring (bicyclic) bond motifs is 2. The molecule has 0 amide bonds. The highest BCUT2D eigenvalue weighted by Gasteiger charge is 2.49. The van der Waals surface area contributed by atoms with Gasteiger partial charge in [-0.1, -0.05) is 66.7 Å². The number of hydrogen-bond donors (Lipinski definition) is 1. The highest BCUT2D eigenvalue weighted by molar-refractivity contribution is 5.36. The third-order valence-electron chi connectivity index (χ3n) is 6.46. The van der Waals surface area contributed by atoms with E-state index in [4.69, 9.17) is 0 Å². The Morgan fingerprint density at radius 1 is 0.893 bits per heavy atom. The van der Waals surface area contributed by atoms with Crippen LogP contribution in [0.4, 0.5) is 0 Å². The van der Waals surface area contributed by atoms with Crippen molar-refractivity contribution >= 4 is 0 Å². The van der Waals surface area contributed by atoms with Crippen molar-refractivity contribution < 1.29 is 0 Å². The van der Waals surface area contributed by atoms with Gasteiger partial charge >= 0.3 is 0 Å². The van der Waals surface area contributed by atoms with Crippen LogP contribution in [0.5, 0.6) is 0 Å². The third-order valence-corrected chi connectivity index (χ3v) is 6.46. The Hall–Kier alpha value is -2.49. The van der Waals surface area contributed by atoms with Crippen LogP contribution < -0.4 is 5.32 Å². The van der Waals surface area contributed by atoms with E-state index in [9.17, 15) is 0 Å². The summed E-state index contributed by atoms with van der Waals surface area (Å²) >= 11 is 0. The molecular formula is C25H27N3. The normalized spacial score (nSPS) is 26.0. The van der Waals surface area contributed by atoms with Crippen LogP contribution in [0.25, 0.3) is 0 Å². The molecule has 2 saturated heterocycles. The topological polar surface area (TPSA) is 28.2 Å². The first-order valence-corrected chi connectivity index (χ1v) is 10.4. The molecule has 0 radical (unpaired) electrons. The molecule has 3 nitrogen and oxygen atoms in total. The lowest BCUT2D eigenvalue weighted by Gasteiger charge is -2.39. The number of piperidine rings is 1. The molecule has 1 N–H and O–H groups in total. The first-order chi connectivity index (χ1) is 13.9. The number of nitrogens with zero attached hydrogens (tertiary/aromatic N) is 2. The van der Waals surface area contributed by atoms with Crippen molar-refractivity contribution in [3.8, 4) is 0 Å². The molecule has 2 aliphatic rings. The lowest BCUT2D eigenvalue weighted by molar-refractivity contribution is 0.197. The van der Waals surface area contributed by atoms with E-state index in [2.05, 4.69) is 88.0 Å². The minimum absolute atomic E-state index is 0.383. The summed E-state index contributed by atoms with van der Waals surface area (Å²) < 4.78 is 0. The minimum atomic E-state index is 0.383. The molecule has 2 bridgehead atoms. The Bertz CT molecular complexity index is 842. The average Bonchev–Trinajstić information content (AvgIpc) is 3.37. The minimum Gasteiger partial charge on any atom is -0.306 e. The quantitative estimate of drug-likeness (QED) is 0.710. The van der Waals surface area contributed by atoms with Gasteiger partial charge in [0.25, 0.3) is 0 Å². The first-order valence-electron chi connectivity index (χ1n) is 10.4. The zero-order valence-electron chi connectivity index (χ0n) is 16.1. The maximum Gasteiger partial charge on any atom is 0.0541 e. The zero-order chi connectivity index (χ0) is 18.8. The largest absolute Gasteiger partial charge is 0.306 e. The van der Waals surface area contributed by atoms with E-state index < -0.39 is 0 Å². The summed E-state index contributed by atoms with van der Waals surface area (Å²) in [5, 5.41) is 3.90. The summed E-state index contributed by atoms with van der Waals surface area (Å²) in [4.78, 5) is 7.23. The second-order valence-corrected chi connectivity index (χ2v) is 8.06. The molecular weight excluding hydrogens is 342 g/mol. The number of pyridine rings is 1. The van der Waals surface area contributed by atoms with Crippen molar-refractivity contribution in [2.24, 2.45) is 5.92 Å². The molecule has 2 aromatic carbocycles. The van der Waals surface area contributed by atoms with Gasteiger partial charge in [0.1, 0.15) is 0 Å². The number of nitrogens with one attached hydrogen (secondary N) is 1. The van der Waals surface area contributed by atoms with Crippen LogP contribution in [-0.4, -0.2) is 35.1 Å². The van der Waals surface area contributed by atoms with Crippen LogP contribution in [0.1, 0.15) is 29.2 Å². The molecule has 2 aliphatic heterocycles. The fraction of sp³-hybridized carbons (Fsp3) is 0.320. The van der Waals surface area contributed by atoms with Crippen LogP contribution in [-0.2, 0) is 6.54 Å². The summed E-state index contributed by atoms with van der Waals surface area (Å²) in [6, 6.07) is 29.2. The molecule has 3 heteroatoms. The maximum absolute atomic E-state index is 4.51. The Balaban J connectivity index is 1.47. The Morgan fingerprint density at radius 2 is 1.57 bits per heavy atom. The van der Waals surface area contributed by atoms with Gasteiger partial charge in [0.2, 0.25) is 0 Å². The molecule has 4 atom stereocenters. The van der Waals surface area contributed by atoms with Gasteiger partial charge in [0.05, 0.1) is 5.69 Å². The Labute approximate surface area is 167 Å². The standard InChI is InChI=1S/C25H27N3/c1-3-9-19(10-4-1)23(20-11-5-2-6-12-20)25-24(21-14-16-28(25)18-21)27-17-22-13-7-8-15-26-22/h1-13,15,21,23-25,27H,14,16-18H2. The highest BCUT2D eigenvalue weighted by atomic mass is 15.3. The van der Waals surface area contributed by atoms with Crippen molar-refractivity contribution in [2.75, 3.05) is 13.1 Å². The first kappa shape index (κ1) is 17.6. The Morgan fingerprint density at radius 3 is 2.21 bits per heavy atom. The SMILES string of the molecule is c1ccc(C(c2ccccc2)C2C(NCc3ccccn3)C3CCN2C3)cc1. The van der Waals surface area contributed by atoms with Gasteiger partial charge < -0.3 is 5.32 Å². The van der Waals surface area contributed by atoms with Gasteiger partial charge in [-0.15, -0.1) is 0 Å². The smallest absolute Gasteiger partial charge is 0.0541 e. The summed E-state index contributed by atoms with van der Waals surface area (Å²) in [6.45, 7) is 3.26. The summed E-state index contributed by atoms with van der Waals surface area (Å²) in [7, 11) is 0. The van der Waals surface area contributed by atoms with Crippen LogP contribution in [0.2, 0.25) is 0 Å². The van der Waals surface area contributed by atoms with E-state index in [0.717, 1.165) is 18.2 Å². The fourth-order valence-corrected chi connectivity index (χ4v) is 5.22. The van der Waals surface area contributed by atoms with Crippen molar-refractivity contribution in [1.82, 2.24) is 15.2 Å². The molecule has 3 aromatic rings. The van der Waals surface area contributed by atoms with Gasteiger partial charge in [-0.05, 0) is 42.1 Å². The van der Waals surface area contributed by atoms with E-state index in [1.165, 1.54) is 30.6 Å². The number of hydrogen-bond acceptors (Lipinski definition) is 3. The van der Waals surface area contributed by atoms with Gasteiger partial charge in [0.15, 0.2) is 0 Å². The predicted octanol–water partition coefficient (Wildman–Crippen LogP) is 4.08. The van der Waals surface area contributed by atoms with Crippen molar-refractivity contribution in [3.63, 3.8) is 0 Å². The van der Waals surface area contributed by atoms with E-state index in [1.807, 2.05) is 12.3 Å². The van der Waals surface area contributed by atoms with Gasteiger partial charge in [-0.25, -0.2) is 0 Å². The molecule has 4 unspecified atom stereocenters. The van der Waals surface area contributed by atoms with Crippen molar-refractivity contribution in [2.45, 2.75) is 31.0 Å². The van der Waals surface area contributed by atoms with Gasteiger partial charge in [0, 0.05) is 37.3 Å². The van der Waals surface area contributed by atoms with Gasteiger partial charge in [-0.2, -0.15) is 0 Å². The van der Waals surface area contributed by atoms with Crippen LogP contribution in [0, 0.1) is 5.92 Å². The fourth-order valence-electron chi connectivity index (χ4n) is 5.22. The monoisotopic (exact) mass is 369 g/mol. The molecule has 0 saturated carbocycles. The Kier molecular flexibility index (Phi) is 4.94. The maximum atomic E-state index is 4.51. The van der Waals surface area contributed by atoms with Crippen LogP contribution in [0.3, 0.4) is 0 Å². The molecule has 0 aliphatic carbocycles. The third kappa shape index (κ3) is 3.36. The second-order valence-electron chi connectivity index (χ2n) is 8.06. The lowest BCUT2D eigenvalue weighted by Crippen LogP contribution is -2.51. The molecule has 28 heavy (non-hydrogen) atoms. The lowest BCUT2D eigenvalue weighted by atomic mass is 9.78. The van der Waals surface area contributed by atoms with E-state index in [-0.39, 0.29) is 0 Å². The molecule has 0 spiro atoms. The zero-order valence-corrected chi connectivity index (χ0v) is 16.1. The predicted molar refractivity (Wildman–Crippen MR) is 113 cm³/mol. The summed E-state index contributed by atoms with van der Waals surface area (Å²) in [5.74, 6) is 1.11. The molecule has 2 fully saturated rings. The molecule has 5 rings (SSSR count). The van der Waals surface area contributed by atoms with E-state index in [0.29, 0.717) is 18.0 Å². The van der Waals surface area contributed by atoms with E-state index >= 15 is 0 Å². The average molecular weight is 370 g/mol. The molecule has 142 valence electrons. The van der Waals surface area contributed by atoms with Gasteiger partial charge in [-0.3, -0.25) is 9.88 Å². The number of aromatic nitrogens is 1. The summed E-state index contributed by atoms with van der Waals surface area (Å²) in [6.07, 6.45) is 3.18. The number of benzene rings is 2. The highest BCUT2D eigenvalue weighted by Crippen LogP contribution is 2.43. The second kappa shape index (κ2) is 7.86. The molecule has 1 aromatic heterocycles. The molecule has 3 heterocycles. The number of rotatable bonds is 6. The van der Waals surface area contributed by atoms with Crippen LogP contribution in [0.15, 0.2) is 85.1 Å². The van der Waals surface area contributed by atoms with E-state index in [1.54, 1.807) is 0 Å².